The fraction of sp³-hybridized carbons (Fsp3) is 0. The fourth-order valence-corrected chi connectivity index (χ4v) is 21.7. The standard InChI is InChI=1S/C48H32N2.2C43H27N3/c1-4-12-33(13-5-1)36-24-28-47-43(31-36)44-32-38(26-29-48(44)50(47)40-16-8-3-9-17-40)35-22-20-34(21-23-35)37-25-27-46-42(30-37)41-18-10-11-19-45(41)49(46)39-14-6-2-7-15-39;44-28-29-9-8-12-35(25-29)46-41-16-7-5-14-37(41)39-27-33(22-24-43(39)46)31-19-17-30(18-20-31)32-21-23-42-38(26-32)36-13-4-6-15-40(36)45(42)34-10-2-1-3-11-34;44-28-29-14-22-35(23-15-29)46-41-13-7-5-11-37(41)39-27-33(21-25-43(39)46)31-18-16-30(17-19-31)32-20-24-42-38(26-32)36-10-4-6-12-40(36)45(42)34-8-2-1-3-9-34/h1-32H;2*1-27H. The van der Waals surface area contributed by atoms with E-state index in [0.717, 1.165) is 33.4 Å². The molecule has 28 rings (SSSR count). The molecule has 0 aliphatic carbocycles. The maximum Gasteiger partial charge on any atom is 0.0992 e. The van der Waals surface area contributed by atoms with Gasteiger partial charge in [-0.25, -0.2) is 0 Å². The van der Waals surface area contributed by atoms with Crippen molar-refractivity contribution in [2.75, 3.05) is 0 Å². The van der Waals surface area contributed by atoms with Crippen molar-refractivity contribution in [3.8, 4) is 124 Å². The molecule has 0 saturated carbocycles. The van der Waals surface area contributed by atoms with Crippen LogP contribution in [0.2, 0.25) is 0 Å². The summed E-state index contributed by atoms with van der Waals surface area (Å²) in [6.07, 6.45) is 0. The van der Waals surface area contributed by atoms with Gasteiger partial charge in [-0.2, -0.15) is 10.5 Å². The summed E-state index contributed by atoms with van der Waals surface area (Å²) in [7, 11) is 0. The third-order valence-electron chi connectivity index (χ3n) is 28.4. The second kappa shape index (κ2) is 35.1. The molecular formula is C134H86N8. The summed E-state index contributed by atoms with van der Waals surface area (Å²) in [5.41, 5.74) is 39.1. The molecule has 0 radical (unpaired) electrons. The number of rotatable bonds is 13. The first kappa shape index (κ1) is 83.2. The van der Waals surface area contributed by atoms with Crippen molar-refractivity contribution in [1.82, 2.24) is 27.4 Å². The van der Waals surface area contributed by atoms with Crippen molar-refractivity contribution in [2.45, 2.75) is 0 Å². The minimum absolute atomic E-state index is 0.654. The number of benzene rings is 22. The van der Waals surface area contributed by atoms with Gasteiger partial charge in [0.25, 0.3) is 0 Å². The van der Waals surface area contributed by atoms with Crippen LogP contribution < -0.4 is 0 Å². The van der Waals surface area contributed by atoms with Crippen molar-refractivity contribution in [3.05, 3.63) is 533 Å². The van der Waals surface area contributed by atoms with Crippen LogP contribution in [0.25, 0.3) is 243 Å². The maximum absolute atomic E-state index is 9.51. The largest absolute Gasteiger partial charge is 0.309 e. The first-order valence-corrected chi connectivity index (χ1v) is 48.2. The van der Waals surface area contributed by atoms with Crippen LogP contribution in [0.1, 0.15) is 11.1 Å². The van der Waals surface area contributed by atoms with Gasteiger partial charge in [-0.05, 0) is 284 Å². The Labute approximate surface area is 820 Å². The van der Waals surface area contributed by atoms with Crippen LogP contribution in [0, 0.1) is 22.7 Å². The van der Waals surface area contributed by atoms with E-state index in [9.17, 15) is 10.5 Å². The summed E-state index contributed by atoms with van der Waals surface area (Å²) in [5, 5.41) is 33.7. The summed E-state index contributed by atoms with van der Waals surface area (Å²) in [6, 6.07) is 191. The fourth-order valence-electron chi connectivity index (χ4n) is 21.7. The molecule has 8 heteroatoms. The van der Waals surface area contributed by atoms with E-state index in [4.69, 9.17) is 0 Å². The summed E-state index contributed by atoms with van der Waals surface area (Å²) >= 11 is 0. The van der Waals surface area contributed by atoms with Crippen LogP contribution in [0.4, 0.5) is 0 Å². The Morgan fingerprint density at radius 1 is 0.113 bits per heavy atom. The Kier molecular flexibility index (Phi) is 20.6. The van der Waals surface area contributed by atoms with Crippen LogP contribution in [0.15, 0.2) is 522 Å². The molecule has 8 nitrogen and oxygen atoms in total. The number of para-hydroxylation sites is 9. The van der Waals surface area contributed by atoms with Gasteiger partial charge in [-0.1, -0.05) is 315 Å². The third kappa shape index (κ3) is 14.5. The number of aromatic nitrogens is 6. The molecule has 0 bridgehead atoms. The number of nitrogens with zero attached hydrogens (tertiary/aromatic N) is 8. The van der Waals surface area contributed by atoms with Gasteiger partial charge in [0.15, 0.2) is 0 Å². The highest BCUT2D eigenvalue weighted by atomic mass is 15.0. The van der Waals surface area contributed by atoms with Crippen LogP contribution in [0.3, 0.4) is 0 Å². The Hall–Kier alpha value is -19.4. The third-order valence-corrected chi connectivity index (χ3v) is 28.4. The van der Waals surface area contributed by atoms with Gasteiger partial charge in [0.2, 0.25) is 0 Å². The second-order valence-corrected chi connectivity index (χ2v) is 36.5. The highest BCUT2D eigenvalue weighted by Crippen LogP contribution is 2.45. The quantitative estimate of drug-likeness (QED) is 0.115. The highest BCUT2D eigenvalue weighted by molar-refractivity contribution is 6.17. The molecule has 142 heavy (non-hydrogen) atoms. The molecule has 0 amide bonds. The van der Waals surface area contributed by atoms with Gasteiger partial charge in [-0.3, -0.25) is 0 Å². The lowest BCUT2D eigenvalue weighted by Crippen LogP contribution is -1.94. The van der Waals surface area contributed by atoms with E-state index in [0.29, 0.717) is 11.1 Å². The molecule has 662 valence electrons. The number of hydrogen-bond donors (Lipinski definition) is 0. The lowest BCUT2D eigenvalue weighted by atomic mass is 9.97. The number of nitriles is 2. The molecule has 0 N–H and O–H groups in total. The summed E-state index contributed by atoms with van der Waals surface area (Å²) in [5.74, 6) is 0. The Morgan fingerprint density at radius 3 is 0.528 bits per heavy atom. The van der Waals surface area contributed by atoms with E-state index in [2.05, 4.69) is 519 Å². The molecule has 28 aromatic rings. The maximum atomic E-state index is 9.51. The predicted molar refractivity (Wildman–Crippen MR) is 593 cm³/mol. The van der Waals surface area contributed by atoms with Crippen molar-refractivity contribution in [3.63, 3.8) is 0 Å². The molecule has 6 heterocycles. The average molecular weight is 1810 g/mol. The minimum Gasteiger partial charge on any atom is -0.309 e. The molecule has 0 saturated heterocycles. The van der Waals surface area contributed by atoms with Crippen LogP contribution in [-0.4, -0.2) is 27.4 Å². The van der Waals surface area contributed by atoms with Crippen molar-refractivity contribution >= 4 is 131 Å². The van der Waals surface area contributed by atoms with E-state index in [1.54, 1.807) is 0 Å². The van der Waals surface area contributed by atoms with E-state index in [-0.39, 0.29) is 0 Å². The normalized spacial score (nSPS) is 11.5. The van der Waals surface area contributed by atoms with E-state index in [1.807, 2.05) is 42.5 Å². The lowest BCUT2D eigenvalue weighted by Gasteiger charge is -2.09. The summed E-state index contributed by atoms with van der Waals surface area (Å²) in [4.78, 5) is 0. The van der Waals surface area contributed by atoms with E-state index < -0.39 is 0 Å². The Morgan fingerprint density at radius 2 is 0.289 bits per heavy atom. The molecule has 6 aromatic heterocycles. The average Bonchev–Trinajstić information content (AvgIpc) is 1.60. The molecule has 0 unspecified atom stereocenters. The minimum atomic E-state index is 0.654. The number of fused-ring (bicyclic) bond motifs is 18. The van der Waals surface area contributed by atoms with Gasteiger partial charge in [0.1, 0.15) is 0 Å². The number of hydrogen-bond acceptors (Lipinski definition) is 2. The Balaban J connectivity index is 0.000000109. The van der Waals surface area contributed by atoms with E-state index >= 15 is 0 Å². The van der Waals surface area contributed by atoms with Gasteiger partial charge in [-0.15, -0.1) is 0 Å². The summed E-state index contributed by atoms with van der Waals surface area (Å²) in [6.45, 7) is 0. The van der Waals surface area contributed by atoms with Gasteiger partial charge < -0.3 is 27.4 Å². The Bertz CT molecular complexity index is 9880. The first-order chi connectivity index (χ1) is 70.3. The highest BCUT2D eigenvalue weighted by Gasteiger charge is 2.23. The first-order valence-electron chi connectivity index (χ1n) is 48.2. The van der Waals surface area contributed by atoms with Crippen LogP contribution in [-0.2, 0) is 0 Å². The zero-order valence-corrected chi connectivity index (χ0v) is 77.2. The SMILES string of the molecule is N#Cc1ccc(-n2c3ccccc3c3cc(-c4ccc(-c5ccc6c(c5)c5ccccc5n6-c5ccccc5)cc4)ccc32)cc1.N#Cc1cccc(-n2c3ccccc3c3cc(-c4ccc(-c5ccc6c(c5)c5ccccc5n6-c5ccccc5)cc4)ccc32)c1.c1ccc(-c2ccc3c(c2)c2cc(-c4ccc(-c5ccc6c(c5)c5ccccc5n6-c5ccccc5)cc4)ccc2n3-c2ccccc2)cc1. The zero-order chi connectivity index (χ0) is 94.2. The molecule has 0 aliphatic heterocycles. The smallest absolute Gasteiger partial charge is 0.0992 e. The monoisotopic (exact) mass is 1810 g/mol. The molecule has 22 aromatic carbocycles. The second-order valence-electron chi connectivity index (χ2n) is 36.5. The molecule has 0 atom stereocenters. The van der Waals surface area contributed by atoms with Crippen molar-refractivity contribution in [2.24, 2.45) is 0 Å². The molecular weight excluding hydrogens is 1720 g/mol. The van der Waals surface area contributed by atoms with Crippen LogP contribution in [0.5, 0.6) is 0 Å². The van der Waals surface area contributed by atoms with Crippen LogP contribution >= 0.6 is 0 Å². The van der Waals surface area contributed by atoms with Gasteiger partial charge >= 0.3 is 0 Å². The molecule has 0 spiro atoms. The lowest BCUT2D eigenvalue weighted by molar-refractivity contribution is 1.18. The van der Waals surface area contributed by atoms with Gasteiger partial charge in [0.05, 0.1) is 89.5 Å². The van der Waals surface area contributed by atoms with Gasteiger partial charge in [0, 0.05) is 98.8 Å². The van der Waals surface area contributed by atoms with Crippen molar-refractivity contribution in [1.29, 1.82) is 10.5 Å². The predicted octanol–water partition coefficient (Wildman–Crippen LogP) is 35.1. The molecule has 0 aliphatic rings. The topological polar surface area (TPSA) is 77.2 Å². The van der Waals surface area contributed by atoms with Crippen molar-refractivity contribution < 1.29 is 0 Å². The summed E-state index contributed by atoms with van der Waals surface area (Å²) < 4.78 is 14.0. The molecule has 0 fully saturated rings. The van der Waals surface area contributed by atoms with E-state index in [1.165, 1.54) is 209 Å². The zero-order valence-electron chi connectivity index (χ0n) is 77.2.